The molecule has 1 rings (SSSR count). The molecule has 1 saturated carbocycles. The van der Waals surface area contributed by atoms with Crippen molar-refractivity contribution >= 4 is 0 Å². The van der Waals surface area contributed by atoms with E-state index in [0.717, 1.165) is 23.7 Å². The van der Waals surface area contributed by atoms with Crippen molar-refractivity contribution in [1.29, 1.82) is 0 Å². The lowest BCUT2D eigenvalue weighted by Gasteiger charge is -2.14. The van der Waals surface area contributed by atoms with E-state index in [0.29, 0.717) is 0 Å². The van der Waals surface area contributed by atoms with E-state index < -0.39 is 0 Å². The van der Waals surface area contributed by atoms with Crippen LogP contribution in [0, 0.1) is 23.7 Å². The van der Waals surface area contributed by atoms with Crippen LogP contribution in [0.1, 0.15) is 143 Å². The second kappa shape index (κ2) is 16.0. The first kappa shape index (κ1) is 24.0. The van der Waals surface area contributed by atoms with Crippen molar-refractivity contribution in [3.63, 3.8) is 0 Å². The van der Waals surface area contributed by atoms with Gasteiger partial charge in [-0.3, -0.25) is 0 Å². The number of hydrogen-bond donors (Lipinski definition) is 0. The highest BCUT2D eigenvalue weighted by molar-refractivity contribution is 4.81. The molecule has 1 fully saturated rings. The Morgan fingerprint density at radius 2 is 0.923 bits per heavy atom. The number of unbranched alkanes of at least 4 members (excludes halogenated alkanes) is 14. The number of hydrogen-bond acceptors (Lipinski definition) is 0. The third-order valence-electron chi connectivity index (χ3n) is 7.15. The summed E-state index contributed by atoms with van der Waals surface area (Å²) in [7, 11) is 0. The van der Waals surface area contributed by atoms with Gasteiger partial charge in [0.25, 0.3) is 0 Å². The van der Waals surface area contributed by atoms with Crippen LogP contribution in [-0.2, 0) is 0 Å². The van der Waals surface area contributed by atoms with Crippen molar-refractivity contribution < 1.29 is 0 Å². The lowest BCUT2D eigenvalue weighted by atomic mass is 9.92. The predicted molar refractivity (Wildman–Crippen MR) is 120 cm³/mol. The Hall–Kier alpha value is 0. The van der Waals surface area contributed by atoms with E-state index in [-0.39, 0.29) is 0 Å². The normalized spacial score (nSPS) is 20.7. The zero-order chi connectivity index (χ0) is 19.0. The van der Waals surface area contributed by atoms with E-state index in [1.807, 2.05) is 0 Å². The lowest BCUT2D eigenvalue weighted by Crippen LogP contribution is -2.03. The van der Waals surface area contributed by atoms with Crippen LogP contribution in [0.3, 0.4) is 0 Å². The Labute approximate surface area is 167 Å². The second-order valence-electron chi connectivity index (χ2n) is 10.1. The molecule has 0 radical (unpaired) electrons. The van der Waals surface area contributed by atoms with E-state index in [2.05, 4.69) is 27.7 Å². The van der Waals surface area contributed by atoms with Gasteiger partial charge in [0.1, 0.15) is 0 Å². The largest absolute Gasteiger partial charge is 0.0625 e. The van der Waals surface area contributed by atoms with Crippen LogP contribution in [-0.4, -0.2) is 0 Å². The summed E-state index contributed by atoms with van der Waals surface area (Å²) in [6.45, 7) is 9.56. The maximum atomic E-state index is 2.42. The molecule has 0 aromatic heterocycles. The van der Waals surface area contributed by atoms with Crippen LogP contribution >= 0.6 is 0 Å². The molecular weight excluding hydrogens is 312 g/mol. The molecule has 0 aromatic rings. The minimum Gasteiger partial charge on any atom is -0.0625 e. The third-order valence-corrected chi connectivity index (χ3v) is 7.15. The zero-order valence-corrected chi connectivity index (χ0v) is 19.0. The molecule has 1 aliphatic carbocycles. The minimum absolute atomic E-state index is 0.867. The van der Waals surface area contributed by atoms with E-state index >= 15 is 0 Å². The lowest BCUT2D eigenvalue weighted by molar-refractivity contribution is 0.374. The zero-order valence-electron chi connectivity index (χ0n) is 19.0. The first-order valence-corrected chi connectivity index (χ1v) is 12.6. The topological polar surface area (TPSA) is 0 Å². The van der Waals surface area contributed by atoms with Crippen molar-refractivity contribution in [2.45, 2.75) is 143 Å². The fraction of sp³-hybridized carbons (Fsp3) is 1.00. The Bertz CT molecular complexity index is 292. The molecule has 0 heterocycles. The second-order valence-corrected chi connectivity index (χ2v) is 10.1. The van der Waals surface area contributed by atoms with Gasteiger partial charge in [-0.1, -0.05) is 137 Å². The highest BCUT2D eigenvalue weighted by Crippen LogP contribution is 2.41. The summed E-state index contributed by atoms with van der Waals surface area (Å²) in [5, 5.41) is 0. The maximum Gasteiger partial charge on any atom is -0.0386 e. The highest BCUT2D eigenvalue weighted by atomic mass is 14.4. The SMILES string of the molecule is CC(C)C(C)CCCCCCCCCCCCCCCCCC1CC1C. The van der Waals surface area contributed by atoms with Crippen molar-refractivity contribution in [2.24, 2.45) is 23.7 Å². The van der Waals surface area contributed by atoms with Gasteiger partial charge in [0, 0.05) is 0 Å². The van der Waals surface area contributed by atoms with Crippen LogP contribution in [0.4, 0.5) is 0 Å². The molecule has 156 valence electrons. The first-order valence-electron chi connectivity index (χ1n) is 12.6. The monoisotopic (exact) mass is 364 g/mol. The molecule has 0 saturated heterocycles. The maximum absolute atomic E-state index is 2.42. The van der Waals surface area contributed by atoms with Gasteiger partial charge >= 0.3 is 0 Å². The van der Waals surface area contributed by atoms with Gasteiger partial charge in [-0.2, -0.15) is 0 Å². The summed E-state index contributed by atoms with van der Waals surface area (Å²) in [6.07, 6.45) is 26.8. The summed E-state index contributed by atoms with van der Waals surface area (Å²) in [5.74, 6) is 3.96. The molecule has 1 aliphatic rings. The summed E-state index contributed by atoms with van der Waals surface area (Å²) >= 11 is 0. The minimum atomic E-state index is 0.867. The third kappa shape index (κ3) is 14.1. The Balaban J connectivity index is 1.64. The molecule has 0 N–H and O–H groups in total. The summed E-state index contributed by atoms with van der Waals surface area (Å²) in [4.78, 5) is 0. The average Bonchev–Trinajstić information content (AvgIpc) is 3.32. The van der Waals surface area contributed by atoms with Gasteiger partial charge in [-0.25, -0.2) is 0 Å². The molecule has 26 heavy (non-hydrogen) atoms. The molecule has 3 atom stereocenters. The Morgan fingerprint density at radius 1 is 0.577 bits per heavy atom. The summed E-state index contributed by atoms with van der Waals surface area (Å²) < 4.78 is 0. The van der Waals surface area contributed by atoms with Crippen LogP contribution in [0.15, 0.2) is 0 Å². The highest BCUT2D eigenvalue weighted by Gasteiger charge is 2.31. The molecule has 0 aromatic carbocycles. The molecule has 0 spiro atoms. The molecule has 0 amide bonds. The van der Waals surface area contributed by atoms with Crippen molar-refractivity contribution in [1.82, 2.24) is 0 Å². The quantitative estimate of drug-likeness (QED) is 0.200. The first-order chi connectivity index (χ1) is 12.6. The molecule has 0 nitrogen and oxygen atoms in total. The number of rotatable bonds is 19. The van der Waals surface area contributed by atoms with Crippen LogP contribution in [0.5, 0.6) is 0 Å². The van der Waals surface area contributed by atoms with Gasteiger partial charge in [-0.15, -0.1) is 0 Å². The molecule has 0 aliphatic heterocycles. The average molecular weight is 365 g/mol. The van der Waals surface area contributed by atoms with Gasteiger partial charge in [0.15, 0.2) is 0 Å². The van der Waals surface area contributed by atoms with E-state index in [9.17, 15) is 0 Å². The van der Waals surface area contributed by atoms with Crippen LogP contribution in [0.25, 0.3) is 0 Å². The van der Waals surface area contributed by atoms with Gasteiger partial charge < -0.3 is 0 Å². The van der Waals surface area contributed by atoms with E-state index in [1.165, 1.54) is 116 Å². The van der Waals surface area contributed by atoms with Crippen LogP contribution < -0.4 is 0 Å². The van der Waals surface area contributed by atoms with E-state index in [1.54, 1.807) is 0 Å². The van der Waals surface area contributed by atoms with Crippen molar-refractivity contribution in [2.75, 3.05) is 0 Å². The van der Waals surface area contributed by atoms with Crippen molar-refractivity contribution in [3.05, 3.63) is 0 Å². The molecule has 0 bridgehead atoms. The Kier molecular flexibility index (Phi) is 14.8. The fourth-order valence-electron chi connectivity index (χ4n) is 4.31. The van der Waals surface area contributed by atoms with Gasteiger partial charge in [0.2, 0.25) is 0 Å². The standard InChI is InChI=1S/C26H52/c1-23(2)24(3)20-18-16-14-12-10-8-6-5-7-9-11-13-15-17-19-21-26-22-25(26)4/h23-26H,5-22H2,1-4H3. The molecular formula is C26H52. The molecule has 0 heteroatoms. The smallest absolute Gasteiger partial charge is 0.0386 e. The van der Waals surface area contributed by atoms with Crippen molar-refractivity contribution in [3.8, 4) is 0 Å². The fourth-order valence-corrected chi connectivity index (χ4v) is 4.31. The predicted octanol–water partition coefficient (Wildman–Crippen LogP) is 9.57. The van der Waals surface area contributed by atoms with Crippen LogP contribution in [0.2, 0.25) is 0 Å². The molecule has 3 unspecified atom stereocenters. The Morgan fingerprint density at radius 3 is 1.27 bits per heavy atom. The van der Waals surface area contributed by atoms with Gasteiger partial charge in [0.05, 0.1) is 0 Å². The summed E-state index contributed by atoms with van der Waals surface area (Å²) in [5.41, 5.74) is 0. The van der Waals surface area contributed by atoms with E-state index in [4.69, 9.17) is 0 Å². The van der Waals surface area contributed by atoms with Gasteiger partial charge in [-0.05, 0) is 30.1 Å². The summed E-state index contributed by atoms with van der Waals surface area (Å²) in [6, 6.07) is 0.